The Morgan fingerprint density at radius 1 is 1.33 bits per heavy atom. The second-order valence-electron chi connectivity index (χ2n) is 2.88. The molecule has 0 fully saturated rings. The number of carbonyl (C=O) groups excluding carboxylic acids is 1. The first-order valence-electron chi connectivity index (χ1n) is 4.36. The van der Waals surface area contributed by atoms with Crippen LogP contribution >= 0.6 is 0 Å². The lowest BCUT2D eigenvalue weighted by Gasteiger charge is -2.09. The molecule has 4 nitrogen and oxygen atoms in total. The SMILES string of the molecule is COc1cc(CC=C=O)cc(OC)c1O. The van der Waals surface area contributed by atoms with E-state index in [2.05, 4.69) is 0 Å². The summed E-state index contributed by atoms with van der Waals surface area (Å²) >= 11 is 0. The minimum atomic E-state index is -0.0427. The van der Waals surface area contributed by atoms with Crippen LogP contribution in [-0.2, 0) is 11.2 Å². The van der Waals surface area contributed by atoms with Crippen LogP contribution in [0.15, 0.2) is 18.2 Å². The fraction of sp³-hybridized carbons (Fsp3) is 0.273. The van der Waals surface area contributed by atoms with Gasteiger partial charge in [-0.2, -0.15) is 0 Å². The molecule has 80 valence electrons. The van der Waals surface area contributed by atoms with Crippen LogP contribution in [0, 0.1) is 0 Å². The second-order valence-corrected chi connectivity index (χ2v) is 2.88. The van der Waals surface area contributed by atoms with Crippen molar-refractivity contribution in [2.24, 2.45) is 0 Å². The number of rotatable bonds is 4. The molecule has 1 N–H and O–H groups in total. The zero-order chi connectivity index (χ0) is 11.3. The maximum Gasteiger partial charge on any atom is 0.200 e. The third-order valence-electron chi connectivity index (χ3n) is 1.96. The van der Waals surface area contributed by atoms with Gasteiger partial charge < -0.3 is 14.6 Å². The first-order valence-corrected chi connectivity index (χ1v) is 4.36. The summed E-state index contributed by atoms with van der Waals surface area (Å²) in [6, 6.07) is 3.29. The Kier molecular flexibility index (Phi) is 3.77. The molecule has 0 atom stereocenters. The van der Waals surface area contributed by atoms with Gasteiger partial charge in [-0.05, 0) is 17.7 Å². The van der Waals surface area contributed by atoms with E-state index in [1.54, 1.807) is 18.1 Å². The van der Waals surface area contributed by atoms with Crippen LogP contribution in [0.4, 0.5) is 0 Å². The second kappa shape index (κ2) is 5.08. The van der Waals surface area contributed by atoms with Gasteiger partial charge in [-0.25, -0.2) is 4.79 Å². The molecule has 4 heteroatoms. The third-order valence-corrected chi connectivity index (χ3v) is 1.96. The monoisotopic (exact) mass is 208 g/mol. The summed E-state index contributed by atoms with van der Waals surface area (Å²) in [7, 11) is 2.90. The summed E-state index contributed by atoms with van der Waals surface area (Å²) in [4.78, 5) is 10.1. The van der Waals surface area contributed by atoms with Crippen LogP contribution in [0.2, 0.25) is 0 Å². The Morgan fingerprint density at radius 2 is 1.87 bits per heavy atom. The highest BCUT2D eigenvalue weighted by Gasteiger charge is 2.10. The van der Waals surface area contributed by atoms with Crippen molar-refractivity contribution in [1.29, 1.82) is 0 Å². The molecule has 0 saturated heterocycles. The third kappa shape index (κ3) is 2.51. The Morgan fingerprint density at radius 3 is 2.27 bits per heavy atom. The summed E-state index contributed by atoms with van der Waals surface area (Å²) in [6.45, 7) is 0. The number of ether oxygens (including phenoxy) is 2. The number of phenolic OH excluding ortho intramolecular Hbond substituents is 1. The van der Waals surface area contributed by atoms with Gasteiger partial charge in [0.15, 0.2) is 11.5 Å². The average Bonchev–Trinajstić information content (AvgIpc) is 2.27. The van der Waals surface area contributed by atoms with Crippen LogP contribution in [0.25, 0.3) is 0 Å². The Balaban J connectivity index is 3.14. The number of aromatic hydroxyl groups is 1. The quantitative estimate of drug-likeness (QED) is 0.758. The molecule has 0 spiro atoms. The smallest absolute Gasteiger partial charge is 0.200 e. The van der Waals surface area contributed by atoms with Crippen molar-refractivity contribution in [2.45, 2.75) is 6.42 Å². The first kappa shape index (κ1) is 11.1. The van der Waals surface area contributed by atoms with Gasteiger partial charge in [0.05, 0.1) is 14.2 Å². The van der Waals surface area contributed by atoms with E-state index in [4.69, 9.17) is 9.47 Å². The van der Waals surface area contributed by atoms with Gasteiger partial charge in [-0.15, -0.1) is 0 Å². The normalized spacial score (nSPS) is 9.20. The molecule has 0 aromatic heterocycles. The molecule has 1 aromatic carbocycles. The van der Waals surface area contributed by atoms with Crippen molar-refractivity contribution in [3.8, 4) is 17.2 Å². The average molecular weight is 208 g/mol. The number of benzene rings is 1. The molecule has 0 unspecified atom stereocenters. The number of methoxy groups -OCH3 is 2. The van der Waals surface area contributed by atoms with Gasteiger partial charge in [0.1, 0.15) is 5.94 Å². The van der Waals surface area contributed by atoms with Crippen molar-refractivity contribution in [1.82, 2.24) is 0 Å². The maximum absolute atomic E-state index is 10.1. The highest BCUT2D eigenvalue weighted by Crippen LogP contribution is 2.37. The number of allylic oxidation sites excluding steroid dienone is 1. The molecular weight excluding hydrogens is 196 g/mol. The van der Waals surface area contributed by atoms with E-state index < -0.39 is 0 Å². The minimum absolute atomic E-state index is 0.0427. The van der Waals surface area contributed by atoms with Crippen LogP contribution in [0.5, 0.6) is 17.2 Å². The van der Waals surface area contributed by atoms with Crippen LogP contribution in [0.3, 0.4) is 0 Å². The van der Waals surface area contributed by atoms with Crippen LogP contribution in [-0.4, -0.2) is 25.3 Å². The van der Waals surface area contributed by atoms with Crippen molar-refractivity contribution in [3.63, 3.8) is 0 Å². The summed E-state index contributed by atoms with van der Waals surface area (Å²) < 4.78 is 9.93. The molecule has 0 aliphatic carbocycles. The van der Waals surface area contributed by atoms with Crippen LogP contribution in [0.1, 0.15) is 5.56 Å². The number of hydrogen-bond donors (Lipinski definition) is 1. The van der Waals surface area contributed by atoms with Gasteiger partial charge in [0, 0.05) is 12.5 Å². The molecule has 1 aromatic rings. The van der Waals surface area contributed by atoms with Crippen molar-refractivity contribution in [3.05, 3.63) is 23.8 Å². The van der Waals surface area contributed by atoms with Gasteiger partial charge in [-0.1, -0.05) is 0 Å². The molecule has 0 bridgehead atoms. The molecule has 15 heavy (non-hydrogen) atoms. The van der Waals surface area contributed by atoms with E-state index in [-0.39, 0.29) is 5.75 Å². The fourth-order valence-electron chi connectivity index (χ4n) is 1.23. The predicted octanol–water partition coefficient (Wildman–Crippen LogP) is 1.34. The van der Waals surface area contributed by atoms with Crippen molar-refractivity contribution in [2.75, 3.05) is 14.2 Å². The molecule has 0 heterocycles. The summed E-state index contributed by atoms with van der Waals surface area (Å²) in [5.74, 6) is 2.29. The molecule has 0 amide bonds. The highest BCUT2D eigenvalue weighted by atomic mass is 16.5. The molecule has 0 radical (unpaired) electrons. The lowest BCUT2D eigenvalue weighted by Crippen LogP contribution is -1.92. The summed E-state index contributed by atoms with van der Waals surface area (Å²) in [5, 5.41) is 9.60. The summed E-state index contributed by atoms with van der Waals surface area (Å²) in [6.07, 6.45) is 1.78. The maximum atomic E-state index is 10.1. The Labute approximate surface area is 87.7 Å². The molecule has 0 aliphatic heterocycles. The van der Waals surface area contributed by atoms with Crippen LogP contribution < -0.4 is 9.47 Å². The molecule has 0 aliphatic rings. The lowest BCUT2D eigenvalue weighted by atomic mass is 10.1. The van der Waals surface area contributed by atoms with Gasteiger partial charge in [0.2, 0.25) is 5.75 Å². The van der Waals surface area contributed by atoms with E-state index in [1.165, 1.54) is 20.3 Å². The van der Waals surface area contributed by atoms with Gasteiger partial charge in [-0.3, -0.25) is 0 Å². The van der Waals surface area contributed by atoms with Crippen molar-refractivity contribution < 1.29 is 19.4 Å². The van der Waals surface area contributed by atoms with E-state index in [9.17, 15) is 9.90 Å². The van der Waals surface area contributed by atoms with E-state index >= 15 is 0 Å². The lowest BCUT2D eigenvalue weighted by molar-refractivity contribution is 0.339. The molecular formula is C11H12O4. The standard InChI is InChI=1S/C11H12O4/c1-14-9-6-8(4-3-5-12)7-10(15-2)11(9)13/h3,6-7,13H,4H2,1-2H3. The largest absolute Gasteiger partial charge is 0.502 e. The van der Waals surface area contributed by atoms with Gasteiger partial charge >= 0.3 is 0 Å². The van der Waals surface area contributed by atoms with Gasteiger partial charge in [0.25, 0.3) is 0 Å². The van der Waals surface area contributed by atoms with Crippen molar-refractivity contribution >= 4 is 5.94 Å². The molecule has 0 saturated carbocycles. The van der Waals surface area contributed by atoms with E-state index in [0.29, 0.717) is 17.9 Å². The summed E-state index contributed by atoms with van der Waals surface area (Å²) in [5.41, 5.74) is 0.810. The fourth-order valence-corrected chi connectivity index (χ4v) is 1.23. The molecule has 1 rings (SSSR count). The highest BCUT2D eigenvalue weighted by molar-refractivity contribution is 5.54. The number of hydrogen-bond acceptors (Lipinski definition) is 4. The topological polar surface area (TPSA) is 55.8 Å². The van der Waals surface area contributed by atoms with E-state index in [0.717, 1.165) is 5.56 Å². The van der Waals surface area contributed by atoms with E-state index in [1.807, 2.05) is 0 Å². The predicted molar refractivity (Wildman–Crippen MR) is 55.2 cm³/mol. The zero-order valence-electron chi connectivity index (χ0n) is 8.61. The Bertz CT molecular complexity index is 367. The first-order chi connectivity index (χ1) is 7.22. The Hall–Kier alpha value is -1.93. The minimum Gasteiger partial charge on any atom is -0.502 e. The zero-order valence-corrected chi connectivity index (χ0v) is 8.61. The number of phenols is 1.